The number of nitrogens with two attached hydrogens (primary N) is 1. The van der Waals surface area contributed by atoms with Crippen molar-refractivity contribution in [3.05, 3.63) is 34.3 Å². The Labute approximate surface area is 129 Å². The maximum atomic E-state index is 11.8. The molecule has 4 N–H and O–H groups in total. The van der Waals surface area contributed by atoms with E-state index in [1.54, 1.807) is 0 Å². The van der Waals surface area contributed by atoms with E-state index >= 15 is 0 Å². The number of hydrogen-bond donors (Lipinski definition) is 3. The summed E-state index contributed by atoms with van der Waals surface area (Å²) in [7, 11) is 0. The van der Waals surface area contributed by atoms with E-state index in [9.17, 15) is 4.79 Å². The highest BCUT2D eigenvalue weighted by molar-refractivity contribution is 9.10. The number of amides is 1. The Morgan fingerprint density at radius 3 is 2.80 bits per heavy atom. The summed E-state index contributed by atoms with van der Waals surface area (Å²) in [5, 5.41) is 9.76. The van der Waals surface area contributed by atoms with Crippen LogP contribution in [-0.4, -0.2) is 26.8 Å². The molecule has 2 aromatic rings. The maximum absolute atomic E-state index is 11.8. The van der Waals surface area contributed by atoms with Crippen molar-refractivity contribution in [1.82, 2.24) is 20.5 Å². The largest absolute Gasteiger partial charge is 0.368 e. The molecule has 0 fully saturated rings. The molecule has 1 unspecified atom stereocenters. The van der Waals surface area contributed by atoms with Crippen LogP contribution in [0.4, 0.5) is 5.95 Å². The van der Waals surface area contributed by atoms with Crippen molar-refractivity contribution in [2.75, 3.05) is 11.5 Å². The van der Waals surface area contributed by atoms with Crippen LogP contribution in [-0.2, 0) is 4.79 Å². The average Bonchev–Trinajstić information content (AvgIpc) is 2.83. The molecule has 20 heavy (non-hydrogen) atoms. The molecule has 0 aliphatic carbocycles. The summed E-state index contributed by atoms with van der Waals surface area (Å²) in [5.41, 5.74) is 6.46. The minimum Gasteiger partial charge on any atom is -0.368 e. The minimum absolute atomic E-state index is 0.0478. The van der Waals surface area contributed by atoms with Gasteiger partial charge in [0.2, 0.25) is 17.0 Å². The number of thioether (sulfide) groups is 1. The average molecular weight is 356 g/mol. The fraction of sp³-hybridized carbons (Fsp3) is 0.250. The van der Waals surface area contributed by atoms with Crippen LogP contribution in [0.5, 0.6) is 0 Å². The summed E-state index contributed by atoms with van der Waals surface area (Å²) in [5.74, 6) is 0.419. The van der Waals surface area contributed by atoms with Crippen molar-refractivity contribution in [2.45, 2.75) is 18.1 Å². The SMILES string of the molecule is CC(NC(=O)CSc1n[nH]c(N)n1)c1ccc(Br)cc1. The van der Waals surface area contributed by atoms with Gasteiger partial charge in [-0.3, -0.25) is 4.79 Å². The van der Waals surface area contributed by atoms with E-state index < -0.39 is 0 Å². The maximum Gasteiger partial charge on any atom is 0.230 e. The van der Waals surface area contributed by atoms with Crippen LogP contribution in [0.25, 0.3) is 0 Å². The van der Waals surface area contributed by atoms with Crippen LogP contribution in [0, 0.1) is 0 Å². The van der Waals surface area contributed by atoms with Gasteiger partial charge in [-0.25, -0.2) is 5.10 Å². The molecule has 0 radical (unpaired) electrons. The zero-order valence-electron chi connectivity index (χ0n) is 10.8. The van der Waals surface area contributed by atoms with Gasteiger partial charge >= 0.3 is 0 Å². The van der Waals surface area contributed by atoms with Gasteiger partial charge in [0.15, 0.2) is 0 Å². The van der Waals surface area contributed by atoms with Gasteiger partial charge in [-0.15, -0.1) is 5.10 Å². The Morgan fingerprint density at radius 1 is 1.50 bits per heavy atom. The summed E-state index contributed by atoms with van der Waals surface area (Å²) in [4.78, 5) is 15.8. The molecule has 106 valence electrons. The third kappa shape index (κ3) is 4.24. The molecule has 0 spiro atoms. The predicted octanol–water partition coefficient (Wildman–Crippen LogP) is 2.12. The number of rotatable bonds is 5. The molecule has 1 aromatic heterocycles. The Kier molecular flexibility index (Phi) is 5.02. The highest BCUT2D eigenvalue weighted by atomic mass is 79.9. The van der Waals surface area contributed by atoms with Crippen molar-refractivity contribution in [3.8, 4) is 0 Å². The number of carbonyl (C=O) groups is 1. The second-order valence-corrected chi connectivity index (χ2v) is 5.99. The number of nitrogens with one attached hydrogen (secondary N) is 2. The first-order chi connectivity index (χ1) is 9.54. The van der Waals surface area contributed by atoms with Gasteiger partial charge in [0.25, 0.3) is 0 Å². The standard InChI is InChI=1S/C12H14BrN5OS/c1-7(8-2-4-9(13)5-3-8)15-10(19)6-20-12-16-11(14)17-18-12/h2-5,7H,6H2,1H3,(H,15,19)(H3,14,16,17,18). The van der Waals surface area contributed by atoms with E-state index in [2.05, 4.69) is 36.4 Å². The second kappa shape index (κ2) is 6.76. The van der Waals surface area contributed by atoms with Crippen LogP contribution >= 0.6 is 27.7 Å². The first-order valence-corrected chi connectivity index (χ1v) is 7.68. The van der Waals surface area contributed by atoms with Crippen LogP contribution in [0.15, 0.2) is 33.9 Å². The summed E-state index contributed by atoms with van der Waals surface area (Å²) >= 11 is 4.62. The summed E-state index contributed by atoms with van der Waals surface area (Å²) in [6, 6.07) is 7.79. The number of anilines is 1. The molecular formula is C12H14BrN5OS. The number of carbonyl (C=O) groups excluding carboxylic acids is 1. The highest BCUT2D eigenvalue weighted by Gasteiger charge is 2.11. The number of nitrogens with zero attached hydrogens (tertiary/aromatic N) is 2. The summed E-state index contributed by atoms with van der Waals surface area (Å²) in [6.45, 7) is 1.94. The van der Waals surface area contributed by atoms with Crippen LogP contribution < -0.4 is 11.1 Å². The van der Waals surface area contributed by atoms with Gasteiger partial charge in [-0.05, 0) is 24.6 Å². The van der Waals surface area contributed by atoms with Gasteiger partial charge in [0, 0.05) is 4.47 Å². The molecule has 8 heteroatoms. The minimum atomic E-state index is -0.0752. The smallest absolute Gasteiger partial charge is 0.230 e. The molecule has 0 aliphatic heterocycles. The molecular weight excluding hydrogens is 342 g/mol. The number of aromatic nitrogens is 3. The molecule has 1 amide bonds. The Hall–Kier alpha value is -1.54. The zero-order valence-corrected chi connectivity index (χ0v) is 13.2. The number of aromatic amines is 1. The lowest BCUT2D eigenvalue weighted by molar-refractivity contribution is -0.119. The van der Waals surface area contributed by atoms with E-state index in [-0.39, 0.29) is 23.7 Å². The molecule has 1 atom stereocenters. The fourth-order valence-electron chi connectivity index (χ4n) is 1.57. The molecule has 0 saturated heterocycles. The first kappa shape index (κ1) is 14.9. The van der Waals surface area contributed by atoms with E-state index in [1.165, 1.54) is 11.8 Å². The van der Waals surface area contributed by atoms with Crippen molar-refractivity contribution in [2.24, 2.45) is 0 Å². The number of nitrogen functional groups attached to an aromatic ring is 1. The van der Waals surface area contributed by atoms with Crippen molar-refractivity contribution in [1.29, 1.82) is 0 Å². The molecule has 1 aromatic carbocycles. The monoisotopic (exact) mass is 355 g/mol. The molecule has 0 saturated carbocycles. The van der Waals surface area contributed by atoms with Crippen LogP contribution in [0.1, 0.15) is 18.5 Å². The van der Waals surface area contributed by atoms with Gasteiger partial charge in [-0.1, -0.05) is 39.8 Å². The normalized spacial score (nSPS) is 12.1. The van der Waals surface area contributed by atoms with E-state index in [0.29, 0.717) is 5.16 Å². The Morgan fingerprint density at radius 2 is 2.20 bits per heavy atom. The fourth-order valence-corrected chi connectivity index (χ4v) is 2.45. The lowest BCUT2D eigenvalue weighted by Gasteiger charge is -2.14. The number of hydrogen-bond acceptors (Lipinski definition) is 5. The van der Waals surface area contributed by atoms with E-state index in [0.717, 1.165) is 10.0 Å². The molecule has 1 heterocycles. The van der Waals surface area contributed by atoms with Gasteiger partial charge < -0.3 is 11.1 Å². The van der Waals surface area contributed by atoms with E-state index in [4.69, 9.17) is 5.73 Å². The first-order valence-electron chi connectivity index (χ1n) is 5.90. The van der Waals surface area contributed by atoms with Gasteiger partial charge in [-0.2, -0.15) is 4.98 Å². The quantitative estimate of drug-likeness (QED) is 0.713. The lowest BCUT2D eigenvalue weighted by Crippen LogP contribution is -2.28. The van der Waals surface area contributed by atoms with Crippen molar-refractivity contribution in [3.63, 3.8) is 0 Å². The number of benzene rings is 1. The summed E-state index contributed by atoms with van der Waals surface area (Å²) < 4.78 is 1.01. The Balaban J connectivity index is 1.83. The summed E-state index contributed by atoms with van der Waals surface area (Å²) in [6.07, 6.45) is 0. The second-order valence-electron chi connectivity index (χ2n) is 4.13. The molecule has 0 bridgehead atoms. The Bertz CT molecular complexity index is 586. The molecule has 2 rings (SSSR count). The topological polar surface area (TPSA) is 96.7 Å². The predicted molar refractivity (Wildman–Crippen MR) is 82.2 cm³/mol. The van der Waals surface area contributed by atoms with Crippen molar-refractivity contribution >= 4 is 39.5 Å². The van der Waals surface area contributed by atoms with E-state index in [1.807, 2.05) is 31.2 Å². The lowest BCUT2D eigenvalue weighted by atomic mass is 10.1. The number of H-pyrrole nitrogens is 1. The third-order valence-electron chi connectivity index (χ3n) is 2.56. The third-order valence-corrected chi connectivity index (χ3v) is 3.94. The molecule has 0 aliphatic rings. The van der Waals surface area contributed by atoms with Gasteiger partial charge in [0.1, 0.15) is 0 Å². The highest BCUT2D eigenvalue weighted by Crippen LogP contribution is 2.17. The number of halogens is 1. The van der Waals surface area contributed by atoms with Crippen LogP contribution in [0.3, 0.4) is 0 Å². The molecule has 6 nitrogen and oxygen atoms in total. The zero-order chi connectivity index (χ0) is 14.5. The van der Waals surface area contributed by atoms with Gasteiger partial charge in [0.05, 0.1) is 11.8 Å². The van der Waals surface area contributed by atoms with Crippen LogP contribution in [0.2, 0.25) is 0 Å². The van der Waals surface area contributed by atoms with Crippen molar-refractivity contribution < 1.29 is 4.79 Å².